The van der Waals surface area contributed by atoms with E-state index in [1.54, 1.807) is 0 Å². The van der Waals surface area contributed by atoms with Gasteiger partial charge in [-0.2, -0.15) is 0 Å². The molecule has 0 spiro atoms. The summed E-state index contributed by atoms with van der Waals surface area (Å²) in [5.41, 5.74) is -0.486. The number of carbonyl (C=O) groups is 1. The maximum atomic E-state index is 13.3. The van der Waals surface area contributed by atoms with Gasteiger partial charge in [-0.3, -0.25) is 4.79 Å². The van der Waals surface area contributed by atoms with Gasteiger partial charge in [0.1, 0.15) is 0 Å². The first kappa shape index (κ1) is 11.9. The van der Waals surface area contributed by atoms with Gasteiger partial charge in [-0.15, -0.1) is 0 Å². The van der Waals surface area contributed by atoms with Crippen LogP contribution in [0.25, 0.3) is 0 Å². The van der Waals surface area contributed by atoms with Gasteiger partial charge in [-0.05, 0) is 12.1 Å². The Kier molecular flexibility index (Phi) is 3.06. The van der Waals surface area contributed by atoms with Crippen molar-refractivity contribution in [2.75, 3.05) is 19.7 Å². The molecule has 1 aromatic rings. The molecule has 1 aromatic carbocycles. The third-order valence-electron chi connectivity index (χ3n) is 2.77. The smallest absolute Gasteiger partial charge is 0.256 e. The summed E-state index contributed by atoms with van der Waals surface area (Å²) < 4.78 is 38.9. The molecule has 0 atom stereocenters. The lowest BCUT2D eigenvalue weighted by Crippen LogP contribution is -2.51. The molecule has 6 heteroatoms. The lowest BCUT2D eigenvalue weighted by molar-refractivity contribution is 0.0357. The van der Waals surface area contributed by atoms with Crippen molar-refractivity contribution < 1.29 is 23.1 Å². The topological polar surface area (TPSA) is 40.5 Å². The predicted molar refractivity (Wildman–Crippen MR) is 52.8 cm³/mol. The van der Waals surface area contributed by atoms with E-state index < -0.39 is 28.9 Å². The molecule has 1 aliphatic rings. The third-order valence-corrected chi connectivity index (χ3v) is 2.77. The standard InChI is InChI=1S/C11H10F3NO2/c12-8-2-1-7(9(13)10(8)14)11(17)15-3-6(4-15)5-16/h1-2,6,16H,3-5H2. The van der Waals surface area contributed by atoms with E-state index in [-0.39, 0.29) is 12.5 Å². The first-order valence-corrected chi connectivity index (χ1v) is 5.08. The van der Waals surface area contributed by atoms with Gasteiger partial charge in [0.25, 0.3) is 5.91 Å². The van der Waals surface area contributed by atoms with Crippen LogP contribution in [0.15, 0.2) is 12.1 Å². The molecule has 0 aliphatic carbocycles. The molecule has 2 rings (SSSR count). The fourth-order valence-corrected chi connectivity index (χ4v) is 1.71. The molecule has 1 amide bonds. The molecule has 0 unspecified atom stereocenters. The first-order chi connectivity index (χ1) is 8.04. The van der Waals surface area contributed by atoms with Crippen molar-refractivity contribution >= 4 is 5.91 Å². The van der Waals surface area contributed by atoms with Crippen LogP contribution in [0.2, 0.25) is 0 Å². The van der Waals surface area contributed by atoms with Crippen molar-refractivity contribution in [3.05, 3.63) is 35.1 Å². The number of rotatable bonds is 2. The van der Waals surface area contributed by atoms with E-state index >= 15 is 0 Å². The summed E-state index contributed by atoms with van der Waals surface area (Å²) in [4.78, 5) is 13.0. The molecule has 3 nitrogen and oxygen atoms in total. The fraction of sp³-hybridized carbons (Fsp3) is 0.364. The van der Waals surface area contributed by atoms with Crippen LogP contribution in [0.1, 0.15) is 10.4 Å². The largest absolute Gasteiger partial charge is 0.396 e. The lowest BCUT2D eigenvalue weighted by Gasteiger charge is -2.38. The maximum Gasteiger partial charge on any atom is 0.256 e. The molecular formula is C11H10F3NO2. The van der Waals surface area contributed by atoms with E-state index in [0.29, 0.717) is 13.1 Å². The van der Waals surface area contributed by atoms with Crippen LogP contribution in [0.3, 0.4) is 0 Å². The zero-order valence-electron chi connectivity index (χ0n) is 8.79. The Bertz CT molecular complexity index is 458. The average molecular weight is 245 g/mol. The van der Waals surface area contributed by atoms with Crippen LogP contribution in [0, 0.1) is 23.4 Å². The molecule has 0 saturated carbocycles. The quantitative estimate of drug-likeness (QED) is 0.794. The van der Waals surface area contributed by atoms with Crippen LogP contribution in [0.5, 0.6) is 0 Å². The number of carbonyl (C=O) groups excluding carboxylic acids is 1. The SMILES string of the molecule is O=C(c1ccc(F)c(F)c1F)N1CC(CO)C1. The number of amides is 1. The van der Waals surface area contributed by atoms with Crippen molar-refractivity contribution in [2.24, 2.45) is 5.92 Å². The van der Waals surface area contributed by atoms with Gasteiger partial charge in [0, 0.05) is 25.6 Å². The molecule has 92 valence electrons. The second-order valence-corrected chi connectivity index (χ2v) is 3.98. The van der Waals surface area contributed by atoms with E-state index in [4.69, 9.17) is 5.11 Å². The Morgan fingerprint density at radius 1 is 1.29 bits per heavy atom. The Balaban J connectivity index is 2.18. The molecule has 1 fully saturated rings. The number of hydrogen-bond acceptors (Lipinski definition) is 2. The zero-order chi connectivity index (χ0) is 12.6. The maximum absolute atomic E-state index is 13.3. The molecule has 0 aromatic heterocycles. The summed E-state index contributed by atoms with van der Waals surface area (Å²) in [7, 11) is 0. The molecule has 1 N–H and O–H groups in total. The van der Waals surface area contributed by atoms with Crippen LogP contribution >= 0.6 is 0 Å². The number of benzene rings is 1. The highest BCUT2D eigenvalue weighted by atomic mass is 19.2. The van der Waals surface area contributed by atoms with Crippen molar-refractivity contribution in [3.63, 3.8) is 0 Å². The Labute approximate surface area is 95.5 Å². The molecule has 0 bridgehead atoms. The summed E-state index contributed by atoms with van der Waals surface area (Å²) >= 11 is 0. The highest BCUT2D eigenvalue weighted by Gasteiger charge is 2.32. The Morgan fingerprint density at radius 2 is 1.94 bits per heavy atom. The van der Waals surface area contributed by atoms with Gasteiger partial charge < -0.3 is 10.0 Å². The normalized spacial score (nSPS) is 15.9. The van der Waals surface area contributed by atoms with Crippen LogP contribution in [-0.2, 0) is 0 Å². The fourth-order valence-electron chi connectivity index (χ4n) is 1.71. The van der Waals surface area contributed by atoms with Crippen molar-refractivity contribution in [3.8, 4) is 0 Å². The van der Waals surface area contributed by atoms with E-state index in [1.165, 1.54) is 4.90 Å². The van der Waals surface area contributed by atoms with Crippen LogP contribution in [-0.4, -0.2) is 35.6 Å². The summed E-state index contributed by atoms with van der Waals surface area (Å²) in [5.74, 6) is -5.15. The number of aliphatic hydroxyl groups is 1. The molecule has 0 radical (unpaired) electrons. The van der Waals surface area contributed by atoms with Crippen molar-refractivity contribution in [2.45, 2.75) is 0 Å². The molecule has 1 aliphatic heterocycles. The summed E-state index contributed by atoms with van der Waals surface area (Å²) in [5, 5.41) is 8.77. The minimum atomic E-state index is -1.64. The molecular weight excluding hydrogens is 235 g/mol. The van der Waals surface area contributed by atoms with Gasteiger partial charge in [0.2, 0.25) is 0 Å². The molecule has 1 heterocycles. The third kappa shape index (κ3) is 2.00. The summed E-state index contributed by atoms with van der Waals surface area (Å²) in [6, 6.07) is 1.64. The minimum Gasteiger partial charge on any atom is -0.396 e. The highest BCUT2D eigenvalue weighted by molar-refractivity contribution is 5.95. The lowest BCUT2D eigenvalue weighted by atomic mass is 10.00. The predicted octanol–water partition coefficient (Wildman–Crippen LogP) is 1.17. The molecule has 17 heavy (non-hydrogen) atoms. The molecule has 1 saturated heterocycles. The van der Waals surface area contributed by atoms with Crippen molar-refractivity contribution in [1.82, 2.24) is 4.90 Å². The summed E-state index contributed by atoms with van der Waals surface area (Å²) in [6.45, 7) is 0.547. The van der Waals surface area contributed by atoms with E-state index in [9.17, 15) is 18.0 Å². The number of aliphatic hydroxyl groups excluding tert-OH is 1. The Hall–Kier alpha value is -1.56. The van der Waals surface area contributed by atoms with Gasteiger partial charge in [-0.25, -0.2) is 13.2 Å². The summed E-state index contributed by atoms with van der Waals surface area (Å²) in [6.07, 6.45) is 0. The Morgan fingerprint density at radius 3 is 2.53 bits per heavy atom. The van der Waals surface area contributed by atoms with E-state index in [0.717, 1.165) is 12.1 Å². The second-order valence-electron chi connectivity index (χ2n) is 3.98. The van der Waals surface area contributed by atoms with E-state index in [1.807, 2.05) is 0 Å². The number of halogens is 3. The van der Waals surface area contributed by atoms with Crippen LogP contribution in [0.4, 0.5) is 13.2 Å². The van der Waals surface area contributed by atoms with Gasteiger partial charge in [0.05, 0.1) is 5.56 Å². The number of likely N-dealkylation sites (tertiary alicyclic amines) is 1. The second kappa shape index (κ2) is 4.37. The highest BCUT2D eigenvalue weighted by Crippen LogP contribution is 2.21. The average Bonchev–Trinajstić information content (AvgIpc) is 2.24. The van der Waals surface area contributed by atoms with E-state index in [2.05, 4.69) is 0 Å². The monoisotopic (exact) mass is 245 g/mol. The minimum absolute atomic E-state index is 0.0210. The number of nitrogens with zero attached hydrogens (tertiary/aromatic N) is 1. The van der Waals surface area contributed by atoms with Crippen molar-refractivity contribution in [1.29, 1.82) is 0 Å². The van der Waals surface area contributed by atoms with Gasteiger partial charge in [-0.1, -0.05) is 0 Å². The number of hydrogen-bond donors (Lipinski definition) is 1. The zero-order valence-corrected chi connectivity index (χ0v) is 8.79. The van der Waals surface area contributed by atoms with Crippen LogP contribution < -0.4 is 0 Å². The van der Waals surface area contributed by atoms with Gasteiger partial charge >= 0.3 is 0 Å². The van der Waals surface area contributed by atoms with Gasteiger partial charge in [0.15, 0.2) is 17.5 Å². The first-order valence-electron chi connectivity index (χ1n) is 5.08.